The average Bonchev–Trinajstić information content (AvgIpc) is 2.81. The van der Waals surface area contributed by atoms with Gasteiger partial charge in [-0.3, -0.25) is 4.79 Å². The standard InChI is InChI=1S/C11H21NO.C9H9NO/c1-2-3-4-7-10-8-5-6-9-12-11(10)13;1-2-11-9-5-3-8(7-10)4-6-9/h10H,2-9H2,1H3,(H,12,13);3-6H,2H2,1H3. The molecule has 132 valence electrons. The summed E-state index contributed by atoms with van der Waals surface area (Å²) in [7, 11) is 0. The molecule has 1 N–H and O–H groups in total. The zero-order chi connectivity index (χ0) is 17.6. The molecule has 1 aliphatic rings. The number of hydrogen-bond donors (Lipinski definition) is 1. The first-order chi connectivity index (χ1) is 11.7. The highest BCUT2D eigenvalue weighted by Crippen LogP contribution is 2.18. The minimum Gasteiger partial charge on any atom is -0.494 e. The number of carbonyl (C=O) groups is 1. The van der Waals surface area contributed by atoms with Gasteiger partial charge < -0.3 is 10.1 Å². The van der Waals surface area contributed by atoms with E-state index in [4.69, 9.17) is 10.00 Å². The molecule has 1 aliphatic heterocycles. The normalized spacial score (nSPS) is 16.9. The van der Waals surface area contributed by atoms with Crippen molar-refractivity contribution >= 4 is 5.91 Å². The zero-order valence-corrected chi connectivity index (χ0v) is 15.0. The van der Waals surface area contributed by atoms with Gasteiger partial charge >= 0.3 is 0 Å². The topological polar surface area (TPSA) is 62.1 Å². The Labute approximate surface area is 146 Å². The zero-order valence-electron chi connectivity index (χ0n) is 15.0. The van der Waals surface area contributed by atoms with Crippen LogP contribution in [0.4, 0.5) is 0 Å². The van der Waals surface area contributed by atoms with Gasteiger partial charge in [0, 0.05) is 12.5 Å². The molecule has 1 amide bonds. The van der Waals surface area contributed by atoms with Gasteiger partial charge in [-0.1, -0.05) is 32.6 Å². The van der Waals surface area contributed by atoms with Crippen molar-refractivity contribution in [3.8, 4) is 11.8 Å². The molecule has 1 heterocycles. The number of nitrogens with zero attached hydrogens (tertiary/aromatic N) is 1. The van der Waals surface area contributed by atoms with Gasteiger partial charge in [0.05, 0.1) is 18.2 Å². The molecule has 0 aromatic heterocycles. The van der Waals surface area contributed by atoms with E-state index >= 15 is 0 Å². The van der Waals surface area contributed by atoms with Gasteiger partial charge in [0.1, 0.15) is 5.75 Å². The predicted molar refractivity (Wildman–Crippen MR) is 96.8 cm³/mol. The lowest BCUT2D eigenvalue weighted by Crippen LogP contribution is -2.28. The molecule has 4 nitrogen and oxygen atoms in total. The smallest absolute Gasteiger partial charge is 0.223 e. The number of benzene rings is 1. The molecule has 1 aromatic rings. The van der Waals surface area contributed by atoms with Crippen molar-refractivity contribution in [2.75, 3.05) is 13.2 Å². The monoisotopic (exact) mass is 330 g/mol. The number of carbonyl (C=O) groups excluding carboxylic acids is 1. The van der Waals surface area contributed by atoms with Crippen molar-refractivity contribution in [1.29, 1.82) is 5.26 Å². The quantitative estimate of drug-likeness (QED) is 0.784. The maximum atomic E-state index is 11.5. The summed E-state index contributed by atoms with van der Waals surface area (Å²) in [5.41, 5.74) is 0.661. The van der Waals surface area contributed by atoms with E-state index in [9.17, 15) is 4.79 Å². The second-order valence-corrected chi connectivity index (χ2v) is 6.05. The van der Waals surface area contributed by atoms with Crippen LogP contribution in [-0.4, -0.2) is 19.1 Å². The third kappa shape index (κ3) is 8.01. The first kappa shape index (κ1) is 20.0. The average molecular weight is 330 g/mol. The van der Waals surface area contributed by atoms with Gasteiger partial charge in [0.2, 0.25) is 5.91 Å². The van der Waals surface area contributed by atoms with Crippen LogP contribution in [0.2, 0.25) is 0 Å². The second kappa shape index (κ2) is 12.4. The van der Waals surface area contributed by atoms with Crippen LogP contribution in [0.1, 0.15) is 64.4 Å². The van der Waals surface area contributed by atoms with E-state index in [1.54, 1.807) is 24.3 Å². The molecule has 0 radical (unpaired) electrons. The highest BCUT2D eigenvalue weighted by Gasteiger charge is 2.19. The van der Waals surface area contributed by atoms with Crippen molar-refractivity contribution < 1.29 is 9.53 Å². The third-order valence-corrected chi connectivity index (χ3v) is 4.10. The van der Waals surface area contributed by atoms with Crippen molar-refractivity contribution in [2.24, 2.45) is 5.92 Å². The molecule has 1 atom stereocenters. The molecule has 24 heavy (non-hydrogen) atoms. The summed E-state index contributed by atoms with van der Waals surface area (Å²) in [6.45, 7) is 5.68. The van der Waals surface area contributed by atoms with Gasteiger partial charge in [-0.15, -0.1) is 0 Å². The lowest BCUT2D eigenvalue weighted by Gasteiger charge is -2.11. The van der Waals surface area contributed by atoms with Gasteiger partial charge in [-0.05, 0) is 50.5 Å². The molecule has 1 fully saturated rings. The first-order valence-electron chi connectivity index (χ1n) is 9.11. The largest absolute Gasteiger partial charge is 0.494 e. The molecular weight excluding hydrogens is 300 g/mol. The number of nitriles is 1. The van der Waals surface area contributed by atoms with Crippen LogP contribution in [-0.2, 0) is 4.79 Å². The molecule has 2 rings (SSSR count). The van der Waals surface area contributed by atoms with E-state index < -0.39 is 0 Å². The van der Waals surface area contributed by atoms with Crippen LogP contribution in [0.15, 0.2) is 24.3 Å². The summed E-state index contributed by atoms with van der Waals surface area (Å²) in [5.74, 6) is 1.43. The molecule has 0 saturated carbocycles. The van der Waals surface area contributed by atoms with Crippen LogP contribution >= 0.6 is 0 Å². The first-order valence-corrected chi connectivity index (χ1v) is 9.11. The highest BCUT2D eigenvalue weighted by molar-refractivity contribution is 5.78. The highest BCUT2D eigenvalue weighted by atomic mass is 16.5. The van der Waals surface area contributed by atoms with E-state index in [-0.39, 0.29) is 0 Å². The number of ether oxygens (including phenoxy) is 1. The minimum absolute atomic E-state index is 0.300. The summed E-state index contributed by atoms with van der Waals surface area (Å²) >= 11 is 0. The molecule has 0 bridgehead atoms. The summed E-state index contributed by atoms with van der Waals surface area (Å²) in [5, 5.41) is 11.5. The summed E-state index contributed by atoms with van der Waals surface area (Å²) in [6, 6.07) is 9.11. The Hall–Kier alpha value is -2.02. The lowest BCUT2D eigenvalue weighted by molar-refractivity contribution is -0.124. The Balaban J connectivity index is 0.000000243. The molecule has 1 aromatic carbocycles. The Kier molecular flexibility index (Phi) is 10.4. The maximum Gasteiger partial charge on any atom is 0.223 e. The Morgan fingerprint density at radius 1 is 1.21 bits per heavy atom. The van der Waals surface area contributed by atoms with Gasteiger partial charge in [0.25, 0.3) is 0 Å². The third-order valence-electron chi connectivity index (χ3n) is 4.10. The number of unbranched alkanes of at least 4 members (excludes halogenated alkanes) is 2. The molecule has 0 aliphatic carbocycles. The Morgan fingerprint density at radius 3 is 2.58 bits per heavy atom. The summed E-state index contributed by atoms with van der Waals surface area (Å²) < 4.78 is 5.20. The molecule has 0 spiro atoms. The second-order valence-electron chi connectivity index (χ2n) is 6.05. The summed E-state index contributed by atoms with van der Waals surface area (Å²) in [6.07, 6.45) is 8.31. The number of rotatable bonds is 6. The van der Waals surface area contributed by atoms with E-state index in [0.717, 1.165) is 31.6 Å². The number of amides is 1. The fraction of sp³-hybridized carbons (Fsp3) is 0.600. The lowest BCUT2D eigenvalue weighted by atomic mass is 9.96. The van der Waals surface area contributed by atoms with E-state index in [1.165, 1.54) is 25.7 Å². The minimum atomic E-state index is 0.300. The van der Waals surface area contributed by atoms with Crippen molar-refractivity contribution in [2.45, 2.75) is 58.8 Å². The van der Waals surface area contributed by atoms with Crippen LogP contribution in [0.25, 0.3) is 0 Å². The molecular formula is C20H30N2O2. The van der Waals surface area contributed by atoms with E-state index in [0.29, 0.717) is 24.0 Å². The van der Waals surface area contributed by atoms with Crippen LogP contribution in [0, 0.1) is 17.2 Å². The van der Waals surface area contributed by atoms with E-state index in [1.807, 2.05) is 13.0 Å². The molecule has 4 heteroatoms. The molecule has 1 unspecified atom stereocenters. The SMILES string of the molecule is CCCCCC1CCCCNC1=O.CCOc1ccc(C#N)cc1. The van der Waals surface area contributed by atoms with Crippen molar-refractivity contribution in [1.82, 2.24) is 5.32 Å². The summed E-state index contributed by atoms with van der Waals surface area (Å²) in [4.78, 5) is 11.5. The van der Waals surface area contributed by atoms with Gasteiger partial charge in [-0.2, -0.15) is 5.26 Å². The fourth-order valence-corrected chi connectivity index (χ4v) is 2.71. The Bertz CT molecular complexity index is 505. The van der Waals surface area contributed by atoms with Crippen LogP contribution in [0.5, 0.6) is 5.75 Å². The van der Waals surface area contributed by atoms with Crippen molar-refractivity contribution in [3.63, 3.8) is 0 Å². The van der Waals surface area contributed by atoms with Gasteiger partial charge in [-0.25, -0.2) is 0 Å². The fourth-order valence-electron chi connectivity index (χ4n) is 2.71. The molecule has 1 saturated heterocycles. The maximum absolute atomic E-state index is 11.5. The predicted octanol–water partition coefficient (Wildman–Crippen LogP) is 4.44. The van der Waals surface area contributed by atoms with Crippen LogP contribution in [0.3, 0.4) is 0 Å². The van der Waals surface area contributed by atoms with Gasteiger partial charge in [0.15, 0.2) is 0 Å². The van der Waals surface area contributed by atoms with Crippen LogP contribution < -0.4 is 10.1 Å². The Morgan fingerprint density at radius 2 is 1.96 bits per heavy atom. The van der Waals surface area contributed by atoms with E-state index in [2.05, 4.69) is 12.2 Å². The number of hydrogen-bond acceptors (Lipinski definition) is 3. The van der Waals surface area contributed by atoms with Crippen molar-refractivity contribution in [3.05, 3.63) is 29.8 Å². The number of nitrogens with one attached hydrogen (secondary N) is 1.